The molecule has 3 aromatic carbocycles. The smallest absolute Gasteiger partial charge is 0.206 e. The van der Waals surface area contributed by atoms with Crippen LogP contribution in [0.3, 0.4) is 0 Å². The molecule has 3 aromatic rings. The highest BCUT2D eigenvalue weighted by Gasteiger charge is 2.67. The Balaban J connectivity index is 2.30. The summed E-state index contributed by atoms with van der Waals surface area (Å²) in [5.41, 5.74) is 0. The standard InChI is InChI=1S/C19H17F5O3S3/c20-30(21,22,23,24)16-28(25,26)27-29(17-10-4-1-5-11-17,18-12-6-2-7-13-18)19-14-8-3-9-15-19/h1-15H,16H2. The van der Waals surface area contributed by atoms with Crippen molar-refractivity contribution in [1.29, 1.82) is 0 Å². The zero-order chi connectivity index (χ0) is 22.2. The molecule has 0 aliphatic heterocycles. The maximum Gasteiger partial charge on any atom is 0.300 e. The second-order valence-corrected chi connectivity index (χ2v) is 13.8. The zero-order valence-electron chi connectivity index (χ0n) is 15.2. The zero-order valence-corrected chi connectivity index (χ0v) is 17.7. The number of hydrogen-bond acceptors (Lipinski definition) is 3. The first-order chi connectivity index (χ1) is 13.7. The molecule has 164 valence electrons. The summed E-state index contributed by atoms with van der Waals surface area (Å²) in [7, 11) is -19.4. The Labute approximate surface area is 172 Å². The Bertz CT molecular complexity index is 1030. The second kappa shape index (κ2) is 6.98. The van der Waals surface area contributed by atoms with Crippen molar-refractivity contribution >= 4 is 30.7 Å². The van der Waals surface area contributed by atoms with Crippen LogP contribution in [-0.4, -0.2) is 13.5 Å². The van der Waals surface area contributed by atoms with Gasteiger partial charge < -0.3 is 0 Å². The van der Waals surface area contributed by atoms with Crippen molar-refractivity contribution in [2.24, 2.45) is 0 Å². The summed E-state index contributed by atoms with van der Waals surface area (Å²) in [4.78, 5) is 0.731. The third-order valence-electron chi connectivity index (χ3n) is 3.80. The molecular weight excluding hydrogens is 467 g/mol. The van der Waals surface area contributed by atoms with Gasteiger partial charge in [-0.1, -0.05) is 74.0 Å². The lowest BCUT2D eigenvalue weighted by Gasteiger charge is -2.43. The molecule has 0 radical (unpaired) electrons. The van der Waals surface area contributed by atoms with Gasteiger partial charge in [0.2, 0.25) is 5.08 Å². The lowest BCUT2D eigenvalue weighted by molar-refractivity contribution is 0.370. The number of halogens is 5. The minimum atomic E-state index is -10.3. The molecular formula is C19H17F5O3S3. The summed E-state index contributed by atoms with van der Waals surface area (Å²) in [5, 5.41) is -3.34. The molecule has 3 rings (SSSR count). The van der Waals surface area contributed by atoms with Crippen molar-refractivity contribution in [2.45, 2.75) is 14.7 Å². The summed E-state index contributed by atoms with van der Waals surface area (Å²) >= 11 is 0. The predicted molar refractivity (Wildman–Crippen MR) is 110 cm³/mol. The Morgan fingerprint density at radius 2 is 0.900 bits per heavy atom. The summed E-state index contributed by atoms with van der Waals surface area (Å²) in [6, 6.07) is 23.2. The van der Waals surface area contributed by atoms with Crippen LogP contribution in [0.1, 0.15) is 0 Å². The minimum Gasteiger partial charge on any atom is -0.206 e. The van der Waals surface area contributed by atoms with E-state index < -0.39 is 35.7 Å². The first kappa shape index (κ1) is 22.6. The van der Waals surface area contributed by atoms with E-state index in [1.807, 2.05) is 0 Å². The summed E-state index contributed by atoms with van der Waals surface area (Å²) in [6.07, 6.45) is 0. The van der Waals surface area contributed by atoms with Crippen LogP contribution in [0.4, 0.5) is 19.4 Å². The normalized spacial score (nSPS) is 15.8. The van der Waals surface area contributed by atoms with Gasteiger partial charge in [-0.3, -0.25) is 0 Å². The molecule has 3 nitrogen and oxygen atoms in total. The lowest BCUT2D eigenvalue weighted by atomic mass is 10.4. The average Bonchev–Trinajstić information content (AvgIpc) is 2.65. The molecule has 0 N–H and O–H groups in total. The van der Waals surface area contributed by atoms with Gasteiger partial charge in [0.15, 0.2) is 0 Å². The van der Waals surface area contributed by atoms with Gasteiger partial charge in [0.1, 0.15) is 0 Å². The van der Waals surface area contributed by atoms with E-state index >= 15 is 0 Å². The molecule has 0 saturated carbocycles. The topological polar surface area (TPSA) is 43.4 Å². The van der Waals surface area contributed by atoms with Crippen molar-refractivity contribution in [3.63, 3.8) is 0 Å². The molecule has 30 heavy (non-hydrogen) atoms. The van der Waals surface area contributed by atoms with Crippen molar-refractivity contribution in [3.05, 3.63) is 91.0 Å². The molecule has 11 heteroatoms. The molecule has 0 saturated heterocycles. The van der Waals surface area contributed by atoms with Gasteiger partial charge in [-0.15, -0.1) is 0 Å². The summed E-state index contributed by atoms with van der Waals surface area (Å²) in [6.45, 7) is 0. The summed E-state index contributed by atoms with van der Waals surface area (Å²) < 4.78 is 95.2. The highest BCUT2D eigenvalue weighted by Crippen LogP contribution is 2.98. The van der Waals surface area contributed by atoms with Crippen LogP contribution < -0.4 is 0 Å². The van der Waals surface area contributed by atoms with Crippen LogP contribution in [0, 0.1) is 0 Å². The third kappa shape index (κ3) is 5.54. The van der Waals surface area contributed by atoms with Gasteiger partial charge >= 0.3 is 10.2 Å². The SMILES string of the molecule is O=S(=O)(CS(F)(F)(F)(F)F)OS(c1ccccc1)(c1ccccc1)c1ccccc1. The van der Waals surface area contributed by atoms with Crippen LogP contribution in [0.5, 0.6) is 0 Å². The fourth-order valence-corrected chi connectivity index (χ4v) is 10.1. The van der Waals surface area contributed by atoms with Crippen molar-refractivity contribution in [1.82, 2.24) is 0 Å². The fourth-order valence-electron chi connectivity index (χ4n) is 2.81. The number of benzene rings is 3. The molecule has 0 amide bonds. The Morgan fingerprint density at radius 1 is 0.600 bits per heavy atom. The highest BCUT2D eigenvalue weighted by atomic mass is 32.5. The first-order valence-corrected chi connectivity index (χ1v) is 13.6. The second-order valence-electron chi connectivity index (χ2n) is 6.37. The van der Waals surface area contributed by atoms with Gasteiger partial charge in [-0.25, -0.2) is 3.63 Å². The van der Waals surface area contributed by atoms with E-state index in [9.17, 15) is 27.8 Å². The molecule has 0 unspecified atom stereocenters. The van der Waals surface area contributed by atoms with E-state index in [-0.39, 0.29) is 14.7 Å². The minimum absolute atomic E-state index is 0.244. The van der Waals surface area contributed by atoms with Gasteiger partial charge in [0.25, 0.3) is 10.1 Å². The molecule has 0 bridgehead atoms. The van der Waals surface area contributed by atoms with Crippen molar-refractivity contribution < 1.29 is 31.5 Å². The van der Waals surface area contributed by atoms with Crippen molar-refractivity contribution in [3.8, 4) is 0 Å². The van der Waals surface area contributed by atoms with E-state index in [1.165, 1.54) is 36.4 Å². The van der Waals surface area contributed by atoms with E-state index in [2.05, 4.69) is 0 Å². The third-order valence-corrected chi connectivity index (χ3v) is 11.2. The molecule has 0 heterocycles. The Kier molecular flexibility index (Phi) is 5.26. The highest BCUT2D eigenvalue weighted by molar-refractivity contribution is 8.50. The molecule has 0 aliphatic carbocycles. The van der Waals surface area contributed by atoms with Crippen LogP contribution in [0.15, 0.2) is 106 Å². The first-order valence-electron chi connectivity index (χ1n) is 8.36. The monoisotopic (exact) mass is 484 g/mol. The molecule has 0 aliphatic rings. The Morgan fingerprint density at radius 3 is 1.17 bits per heavy atom. The van der Waals surface area contributed by atoms with Crippen LogP contribution in [0.2, 0.25) is 0 Å². The van der Waals surface area contributed by atoms with E-state index in [0.29, 0.717) is 0 Å². The van der Waals surface area contributed by atoms with E-state index in [1.54, 1.807) is 54.6 Å². The maximum absolute atomic E-state index is 13.0. The number of rotatable bonds is 7. The van der Waals surface area contributed by atoms with E-state index in [4.69, 9.17) is 3.63 Å². The van der Waals surface area contributed by atoms with Gasteiger partial charge in [0.05, 0.1) is 0 Å². The fraction of sp³-hybridized carbons (Fsp3) is 0.0526. The molecule has 0 fully saturated rings. The van der Waals surface area contributed by atoms with Crippen LogP contribution in [0.25, 0.3) is 0 Å². The molecule has 0 aromatic heterocycles. The average molecular weight is 485 g/mol. The van der Waals surface area contributed by atoms with E-state index in [0.717, 1.165) is 0 Å². The lowest BCUT2D eigenvalue weighted by Crippen LogP contribution is -2.24. The maximum atomic E-state index is 13.0. The van der Waals surface area contributed by atoms with Gasteiger partial charge in [-0.05, 0) is 46.7 Å². The Hall–Kier alpha value is -2.08. The largest absolute Gasteiger partial charge is 0.300 e. The predicted octanol–water partition coefficient (Wildman–Crippen LogP) is 7.49. The molecule has 0 spiro atoms. The molecule has 0 atom stereocenters. The van der Waals surface area contributed by atoms with Gasteiger partial charge in [-0.2, -0.15) is 8.42 Å². The van der Waals surface area contributed by atoms with Crippen molar-refractivity contribution in [2.75, 3.05) is 5.08 Å². The van der Waals surface area contributed by atoms with Crippen LogP contribution >= 0.6 is 20.5 Å². The summed E-state index contributed by atoms with van der Waals surface area (Å²) in [5.74, 6) is 0. The van der Waals surface area contributed by atoms with Gasteiger partial charge in [0, 0.05) is 14.7 Å². The number of hydrogen-bond donors (Lipinski definition) is 0. The quantitative estimate of drug-likeness (QED) is 0.327. The van der Waals surface area contributed by atoms with Crippen LogP contribution in [-0.2, 0) is 13.7 Å².